The smallest absolute Gasteiger partial charge is 0.326 e. The third kappa shape index (κ3) is 5.59. The number of aromatic amines is 1. The minimum atomic E-state index is -1.16. The van der Waals surface area contributed by atoms with Gasteiger partial charge in [-0.05, 0) is 92.2 Å². The maximum atomic E-state index is 12.5. The van der Waals surface area contributed by atoms with Crippen molar-refractivity contribution in [2.24, 2.45) is 33.7 Å². The number of amides is 2. The second-order valence-corrected chi connectivity index (χ2v) is 14.2. The Morgan fingerprint density at radius 2 is 1.89 bits per heavy atom. The van der Waals surface area contributed by atoms with Gasteiger partial charge in [-0.1, -0.05) is 48.7 Å². The number of oxime groups is 1. The summed E-state index contributed by atoms with van der Waals surface area (Å²) in [6.45, 7) is 3.86. The summed E-state index contributed by atoms with van der Waals surface area (Å²) in [6.07, 6.45) is 17.3. The Bertz CT molecular complexity index is 1640. The minimum absolute atomic E-state index is 0.0763. The van der Waals surface area contributed by atoms with E-state index in [1.807, 2.05) is 24.3 Å². The van der Waals surface area contributed by atoms with Crippen molar-refractivity contribution < 1.29 is 29.4 Å². The lowest BCUT2D eigenvalue weighted by molar-refractivity contribution is -0.141. The first-order valence-electron chi connectivity index (χ1n) is 16.4. The minimum Gasteiger partial charge on any atom is -0.480 e. The van der Waals surface area contributed by atoms with Crippen molar-refractivity contribution in [1.29, 1.82) is 0 Å². The molecule has 4 aliphatic rings. The van der Waals surface area contributed by atoms with Crippen LogP contribution in [-0.4, -0.2) is 63.5 Å². The molecule has 3 fully saturated rings. The maximum absolute atomic E-state index is 12.5. The van der Waals surface area contributed by atoms with Crippen LogP contribution in [0.4, 0.5) is 0 Å². The highest BCUT2D eigenvalue weighted by molar-refractivity contribution is 5.96. The zero-order chi connectivity index (χ0) is 32.7. The number of nitrogens with one attached hydrogen (secondary N) is 3. The molecule has 1 aromatic heterocycles. The SMILES string of the molecule is C#CC1(O)CCC2C3CCC4=CC(=NOCC(=O)NCC(=O)NC(Cc5c[nH]c6ccccc56)C(=O)O)CCC4(C)C3CCC21C. The van der Waals surface area contributed by atoms with Gasteiger partial charge in [0.15, 0.2) is 6.61 Å². The molecular formula is C36H44N4O6. The van der Waals surface area contributed by atoms with Gasteiger partial charge in [0.25, 0.3) is 5.91 Å². The van der Waals surface area contributed by atoms with Crippen LogP contribution in [-0.2, 0) is 25.6 Å². The Morgan fingerprint density at radius 1 is 1.11 bits per heavy atom. The van der Waals surface area contributed by atoms with Gasteiger partial charge in [-0.2, -0.15) is 0 Å². The first-order valence-corrected chi connectivity index (χ1v) is 16.4. The number of terminal acetylenes is 1. The van der Waals surface area contributed by atoms with Crippen molar-refractivity contribution in [3.63, 3.8) is 0 Å². The van der Waals surface area contributed by atoms with Crippen molar-refractivity contribution in [3.05, 3.63) is 47.7 Å². The van der Waals surface area contributed by atoms with E-state index in [1.54, 1.807) is 6.20 Å². The lowest BCUT2D eigenvalue weighted by Gasteiger charge is -2.58. The monoisotopic (exact) mass is 628 g/mol. The van der Waals surface area contributed by atoms with Gasteiger partial charge in [0.2, 0.25) is 5.91 Å². The van der Waals surface area contributed by atoms with Crippen LogP contribution in [0.3, 0.4) is 0 Å². The van der Waals surface area contributed by atoms with Crippen LogP contribution >= 0.6 is 0 Å². The van der Waals surface area contributed by atoms with Crippen molar-refractivity contribution in [2.45, 2.75) is 83.3 Å². The molecule has 46 heavy (non-hydrogen) atoms. The molecule has 5 N–H and O–H groups in total. The van der Waals surface area contributed by atoms with Crippen LogP contribution in [0.25, 0.3) is 10.9 Å². The zero-order valence-corrected chi connectivity index (χ0v) is 26.6. The van der Waals surface area contributed by atoms with Crippen LogP contribution in [0.2, 0.25) is 0 Å². The Balaban J connectivity index is 0.987. The molecule has 0 aliphatic heterocycles. The summed E-state index contributed by atoms with van der Waals surface area (Å²) in [6, 6.07) is 6.39. The highest BCUT2D eigenvalue weighted by Crippen LogP contribution is 2.67. The highest BCUT2D eigenvalue weighted by Gasteiger charge is 2.63. The van der Waals surface area contributed by atoms with Crippen molar-refractivity contribution >= 4 is 34.4 Å². The second-order valence-electron chi connectivity index (χ2n) is 14.2. The van der Waals surface area contributed by atoms with E-state index in [0.29, 0.717) is 24.2 Å². The number of aliphatic carboxylic acids is 1. The summed E-state index contributed by atoms with van der Waals surface area (Å²) in [5.41, 5.74) is 2.72. The van der Waals surface area contributed by atoms with E-state index < -0.39 is 29.4 Å². The molecule has 10 heteroatoms. The zero-order valence-electron chi connectivity index (χ0n) is 26.6. The number of para-hydroxylation sites is 1. The molecule has 0 saturated heterocycles. The van der Waals surface area contributed by atoms with Gasteiger partial charge in [-0.15, -0.1) is 6.42 Å². The number of hydrogen-bond acceptors (Lipinski definition) is 6. The number of carboxylic acids is 1. The van der Waals surface area contributed by atoms with E-state index in [1.165, 1.54) is 5.57 Å². The predicted molar refractivity (Wildman–Crippen MR) is 173 cm³/mol. The molecule has 2 amide bonds. The summed E-state index contributed by atoms with van der Waals surface area (Å²) in [7, 11) is 0. The highest BCUT2D eigenvalue weighted by atomic mass is 16.6. The van der Waals surface area contributed by atoms with Crippen molar-refractivity contribution in [1.82, 2.24) is 15.6 Å². The molecule has 3 saturated carbocycles. The van der Waals surface area contributed by atoms with E-state index in [9.17, 15) is 24.6 Å². The molecular weight excluding hydrogens is 584 g/mol. The first kappa shape index (κ1) is 31.9. The largest absolute Gasteiger partial charge is 0.480 e. The van der Waals surface area contributed by atoms with E-state index in [4.69, 9.17) is 11.3 Å². The number of carbonyl (C=O) groups is 3. The number of benzene rings is 1. The molecule has 2 aromatic rings. The summed E-state index contributed by atoms with van der Waals surface area (Å²) < 4.78 is 0. The average Bonchev–Trinajstić information content (AvgIpc) is 3.57. The molecule has 0 spiro atoms. The first-order chi connectivity index (χ1) is 22.0. The Labute approximate surface area is 269 Å². The number of aromatic nitrogens is 1. The maximum Gasteiger partial charge on any atom is 0.326 e. The molecule has 0 bridgehead atoms. The fourth-order valence-corrected chi connectivity index (χ4v) is 9.27. The number of nitrogens with zero attached hydrogens (tertiary/aromatic N) is 1. The number of H-pyrrole nitrogens is 1. The van der Waals surface area contributed by atoms with E-state index in [-0.39, 0.29) is 30.4 Å². The molecule has 7 unspecified atom stereocenters. The normalized spacial score (nSPS) is 33.1. The van der Waals surface area contributed by atoms with Crippen LogP contribution in [0.5, 0.6) is 0 Å². The quantitative estimate of drug-likeness (QED) is 0.208. The summed E-state index contributed by atoms with van der Waals surface area (Å²) >= 11 is 0. The van der Waals surface area contributed by atoms with Crippen molar-refractivity contribution in [2.75, 3.05) is 13.2 Å². The molecule has 0 radical (unpaired) electrons. The number of rotatable bonds is 9. The topological polar surface area (TPSA) is 153 Å². The third-order valence-corrected chi connectivity index (χ3v) is 11.9. The lowest BCUT2D eigenvalue weighted by atomic mass is 9.46. The van der Waals surface area contributed by atoms with Gasteiger partial charge in [0.05, 0.1) is 12.3 Å². The summed E-state index contributed by atoms with van der Waals surface area (Å²) in [5.74, 6) is 2.01. The van der Waals surface area contributed by atoms with Crippen LogP contribution in [0.1, 0.15) is 70.8 Å². The van der Waals surface area contributed by atoms with Gasteiger partial charge in [-0.3, -0.25) is 9.59 Å². The fourth-order valence-electron chi connectivity index (χ4n) is 9.27. The number of fused-ring (bicyclic) bond motifs is 6. The van der Waals surface area contributed by atoms with Gasteiger partial charge >= 0.3 is 5.97 Å². The Kier molecular flexibility index (Phi) is 8.49. The van der Waals surface area contributed by atoms with Crippen molar-refractivity contribution in [3.8, 4) is 12.3 Å². The average molecular weight is 629 g/mol. The molecule has 244 valence electrons. The Hall–Kier alpha value is -4.10. The predicted octanol–water partition coefficient (Wildman–Crippen LogP) is 4.10. The number of carboxylic acid groups (broad SMARTS) is 1. The van der Waals surface area contributed by atoms with E-state index in [0.717, 1.165) is 67.1 Å². The molecule has 10 nitrogen and oxygen atoms in total. The van der Waals surface area contributed by atoms with E-state index >= 15 is 0 Å². The molecule has 7 atom stereocenters. The van der Waals surface area contributed by atoms with Gasteiger partial charge in [0.1, 0.15) is 11.6 Å². The standard InChI is InChI=1S/C36H44N4O6/c1-4-36(45)16-13-28-26-10-9-23-18-24(11-14-34(23,2)27(26)12-15-35(28,36)3)40-46-21-32(42)38-20-31(41)39-30(33(43)44)17-22-19-37-29-8-6-5-7-25(22)29/h1,5-8,18-19,26-28,30,37,45H,9-17,20-21H2,2-3H3,(H,38,42)(H,39,41)(H,43,44). The molecule has 1 aromatic carbocycles. The summed E-state index contributed by atoms with van der Waals surface area (Å²) in [5, 5.41) is 31.0. The second kappa shape index (κ2) is 12.3. The number of aliphatic hydroxyl groups is 1. The number of hydrogen-bond donors (Lipinski definition) is 5. The summed E-state index contributed by atoms with van der Waals surface area (Å²) in [4.78, 5) is 45.2. The van der Waals surface area contributed by atoms with Gasteiger partial charge in [-0.25, -0.2) is 4.79 Å². The fraction of sp³-hybridized carbons (Fsp3) is 0.556. The van der Waals surface area contributed by atoms with Crippen LogP contribution in [0.15, 0.2) is 47.3 Å². The molecule has 1 heterocycles. The van der Waals surface area contributed by atoms with Gasteiger partial charge in [0, 0.05) is 28.9 Å². The molecule has 6 rings (SSSR count). The Morgan fingerprint density at radius 3 is 2.67 bits per heavy atom. The number of allylic oxidation sites excluding steroid dienone is 2. The van der Waals surface area contributed by atoms with Crippen LogP contribution in [0, 0.1) is 40.9 Å². The van der Waals surface area contributed by atoms with Crippen LogP contribution < -0.4 is 10.6 Å². The third-order valence-electron chi connectivity index (χ3n) is 11.9. The van der Waals surface area contributed by atoms with E-state index in [2.05, 4.69) is 46.6 Å². The molecule has 4 aliphatic carbocycles. The number of carbonyl (C=O) groups excluding carboxylic acids is 2. The lowest BCUT2D eigenvalue weighted by Crippen LogP contribution is -2.54. The van der Waals surface area contributed by atoms with Gasteiger partial charge < -0.3 is 30.7 Å².